The summed E-state index contributed by atoms with van der Waals surface area (Å²) in [5, 5.41) is 0.703. The molecule has 0 aliphatic carbocycles. The summed E-state index contributed by atoms with van der Waals surface area (Å²) in [7, 11) is 0. The zero-order valence-corrected chi connectivity index (χ0v) is 8.28. The number of nitrogens with two attached hydrogens (primary N) is 1. The topological polar surface area (TPSA) is 43.8 Å². The van der Waals surface area contributed by atoms with E-state index in [1.165, 1.54) is 0 Å². The highest BCUT2D eigenvalue weighted by atomic mass is 35.5. The SMILES string of the molecule is Nc1ccc(Cl)cc1Cn1ccnc1. The van der Waals surface area contributed by atoms with Crippen molar-refractivity contribution in [2.75, 3.05) is 5.73 Å². The molecule has 1 heterocycles. The number of aromatic nitrogens is 2. The van der Waals surface area contributed by atoms with Gasteiger partial charge in [-0.05, 0) is 23.8 Å². The number of anilines is 1. The number of imidazole rings is 1. The Morgan fingerprint density at radius 2 is 2.29 bits per heavy atom. The Bertz CT molecular complexity index is 423. The molecule has 0 atom stereocenters. The van der Waals surface area contributed by atoms with Crippen molar-refractivity contribution in [1.82, 2.24) is 9.55 Å². The Hall–Kier alpha value is -1.48. The Labute approximate surface area is 87.1 Å². The first-order valence-corrected chi connectivity index (χ1v) is 4.63. The molecule has 0 fully saturated rings. The fraction of sp³-hybridized carbons (Fsp3) is 0.100. The van der Waals surface area contributed by atoms with Gasteiger partial charge < -0.3 is 10.3 Å². The normalized spacial score (nSPS) is 10.4. The van der Waals surface area contributed by atoms with Crippen LogP contribution >= 0.6 is 11.6 Å². The van der Waals surface area contributed by atoms with Crippen molar-refractivity contribution in [2.24, 2.45) is 0 Å². The molecular formula is C10H10ClN3. The Balaban J connectivity index is 2.28. The van der Waals surface area contributed by atoms with Crippen molar-refractivity contribution >= 4 is 17.3 Å². The molecule has 0 amide bonds. The Morgan fingerprint density at radius 1 is 1.43 bits per heavy atom. The summed E-state index contributed by atoms with van der Waals surface area (Å²) >= 11 is 5.88. The van der Waals surface area contributed by atoms with Crippen LogP contribution < -0.4 is 5.73 Å². The van der Waals surface area contributed by atoms with Crippen molar-refractivity contribution in [2.45, 2.75) is 6.54 Å². The quantitative estimate of drug-likeness (QED) is 0.767. The number of nitrogen functional groups attached to an aromatic ring is 1. The summed E-state index contributed by atoms with van der Waals surface area (Å²) in [5.41, 5.74) is 7.58. The van der Waals surface area contributed by atoms with Crippen LogP contribution in [-0.2, 0) is 6.54 Å². The zero-order chi connectivity index (χ0) is 9.97. The largest absolute Gasteiger partial charge is 0.398 e. The number of hydrogen-bond acceptors (Lipinski definition) is 2. The molecule has 1 aromatic carbocycles. The van der Waals surface area contributed by atoms with Crippen molar-refractivity contribution in [1.29, 1.82) is 0 Å². The van der Waals surface area contributed by atoms with E-state index in [-0.39, 0.29) is 0 Å². The third-order valence-corrected chi connectivity index (χ3v) is 2.25. The Morgan fingerprint density at radius 3 is 3.00 bits per heavy atom. The summed E-state index contributed by atoms with van der Waals surface area (Å²) in [5.74, 6) is 0. The van der Waals surface area contributed by atoms with E-state index in [0.717, 1.165) is 11.3 Å². The number of nitrogens with zero attached hydrogens (tertiary/aromatic N) is 2. The highest BCUT2D eigenvalue weighted by molar-refractivity contribution is 6.30. The van der Waals surface area contributed by atoms with Crippen molar-refractivity contribution in [3.8, 4) is 0 Å². The average Bonchev–Trinajstić information content (AvgIpc) is 2.64. The Kier molecular flexibility index (Phi) is 2.41. The molecule has 2 N–H and O–H groups in total. The van der Waals surface area contributed by atoms with Gasteiger partial charge in [0.25, 0.3) is 0 Å². The second-order valence-electron chi connectivity index (χ2n) is 3.08. The van der Waals surface area contributed by atoms with Crippen LogP contribution in [-0.4, -0.2) is 9.55 Å². The van der Waals surface area contributed by atoms with E-state index in [0.29, 0.717) is 11.6 Å². The van der Waals surface area contributed by atoms with Gasteiger partial charge in [0, 0.05) is 23.1 Å². The minimum Gasteiger partial charge on any atom is -0.398 e. The van der Waals surface area contributed by atoms with Crippen molar-refractivity contribution in [3.05, 3.63) is 47.5 Å². The zero-order valence-electron chi connectivity index (χ0n) is 7.52. The number of hydrogen-bond donors (Lipinski definition) is 1. The summed E-state index contributed by atoms with van der Waals surface area (Å²) in [6, 6.07) is 5.47. The van der Waals surface area contributed by atoms with Gasteiger partial charge in [-0.25, -0.2) is 4.98 Å². The maximum absolute atomic E-state index is 5.88. The van der Waals surface area contributed by atoms with Gasteiger partial charge >= 0.3 is 0 Å². The first-order valence-electron chi connectivity index (χ1n) is 4.25. The van der Waals surface area contributed by atoms with Gasteiger partial charge in [-0.15, -0.1) is 0 Å². The highest BCUT2D eigenvalue weighted by Gasteiger charge is 2.00. The molecule has 3 nitrogen and oxygen atoms in total. The molecule has 0 aliphatic heterocycles. The molecule has 0 bridgehead atoms. The fourth-order valence-electron chi connectivity index (χ4n) is 1.29. The smallest absolute Gasteiger partial charge is 0.0949 e. The van der Waals surface area contributed by atoms with Crippen LogP contribution in [0.3, 0.4) is 0 Å². The summed E-state index contributed by atoms with van der Waals surface area (Å²) < 4.78 is 1.95. The predicted octanol–water partition coefficient (Wildman–Crippen LogP) is 2.17. The number of rotatable bonds is 2. The van der Waals surface area contributed by atoms with Crippen LogP contribution in [0.2, 0.25) is 5.02 Å². The molecule has 2 aromatic rings. The molecule has 0 saturated heterocycles. The first kappa shape index (κ1) is 9.09. The van der Waals surface area contributed by atoms with E-state index in [1.54, 1.807) is 18.6 Å². The van der Waals surface area contributed by atoms with E-state index in [9.17, 15) is 0 Å². The minimum absolute atomic E-state index is 0.701. The van der Waals surface area contributed by atoms with Gasteiger partial charge in [0.2, 0.25) is 0 Å². The van der Waals surface area contributed by atoms with E-state index in [1.807, 2.05) is 22.9 Å². The van der Waals surface area contributed by atoms with Crippen molar-refractivity contribution in [3.63, 3.8) is 0 Å². The van der Waals surface area contributed by atoms with E-state index >= 15 is 0 Å². The third-order valence-electron chi connectivity index (χ3n) is 2.02. The molecule has 1 aromatic heterocycles. The molecule has 0 aliphatic rings. The summed E-state index contributed by atoms with van der Waals surface area (Å²) in [6.07, 6.45) is 5.38. The van der Waals surface area contributed by atoms with Crippen LogP contribution in [0.4, 0.5) is 5.69 Å². The second kappa shape index (κ2) is 3.72. The lowest BCUT2D eigenvalue weighted by Gasteiger charge is -2.06. The van der Waals surface area contributed by atoms with Gasteiger partial charge in [0.05, 0.1) is 12.9 Å². The minimum atomic E-state index is 0.701. The lowest BCUT2D eigenvalue weighted by atomic mass is 10.2. The molecular weight excluding hydrogens is 198 g/mol. The van der Waals surface area contributed by atoms with Crippen LogP contribution in [0.15, 0.2) is 36.9 Å². The van der Waals surface area contributed by atoms with Crippen LogP contribution in [0, 0.1) is 0 Å². The molecule has 14 heavy (non-hydrogen) atoms. The monoisotopic (exact) mass is 207 g/mol. The highest BCUT2D eigenvalue weighted by Crippen LogP contribution is 2.18. The lowest BCUT2D eigenvalue weighted by Crippen LogP contribution is -2.00. The molecule has 4 heteroatoms. The molecule has 72 valence electrons. The molecule has 0 radical (unpaired) electrons. The van der Waals surface area contributed by atoms with E-state index < -0.39 is 0 Å². The van der Waals surface area contributed by atoms with Crippen LogP contribution in [0.5, 0.6) is 0 Å². The van der Waals surface area contributed by atoms with Gasteiger partial charge in [-0.1, -0.05) is 11.6 Å². The molecule has 0 spiro atoms. The van der Waals surface area contributed by atoms with Crippen LogP contribution in [0.1, 0.15) is 5.56 Å². The number of benzene rings is 1. The first-order chi connectivity index (χ1) is 6.75. The summed E-state index contributed by atoms with van der Waals surface area (Å²) in [4.78, 5) is 3.96. The van der Waals surface area contributed by atoms with Crippen molar-refractivity contribution < 1.29 is 0 Å². The maximum atomic E-state index is 5.88. The molecule has 2 rings (SSSR count). The van der Waals surface area contributed by atoms with Crippen LogP contribution in [0.25, 0.3) is 0 Å². The van der Waals surface area contributed by atoms with E-state index in [4.69, 9.17) is 17.3 Å². The maximum Gasteiger partial charge on any atom is 0.0949 e. The summed E-state index contributed by atoms with van der Waals surface area (Å²) in [6.45, 7) is 0.701. The predicted molar refractivity (Wildman–Crippen MR) is 57.2 cm³/mol. The average molecular weight is 208 g/mol. The molecule has 0 unspecified atom stereocenters. The second-order valence-corrected chi connectivity index (χ2v) is 3.51. The number of halogens is 1. The lowest BCUT2D eigenvalue weighted by molar-refractivity contribution is 0.799. The standard InChI is InChI=1S/C10H10ClN3/c11-9-1-2-10(12)8(5-9)6-14-4-3-13-7-14/h1-5,7H,6,12H2. The van der Waals surface area contributed by atoms with Gasteiger partial charge in [0.1, 0.15) is 0 Å². The third kappa shape index (κ3) is 1.88. The molecule has 0 saturated carbocycles. The fourth-order valence-corrected chi connectivity index (χ4v) is 1.48. The van der Waals surface area contributed by atoms with Gasteiger partial charge in [-0.2, -0.15) is 0 Å². The van der Waals surface area contributed by atoms with Gasteiger partial charge in [0.15, 0.2) is 0 Å². The van der Waals surface area contributed by atoms with E-state index in [2.05, 4.69) is 4.98 Å². The van der Waals surface area contributed by atoms with Gasteiger partial charge in [-0.3, -0.25) is 0 Å².